The minimum absolute atomic E-state index is 0.181. The van der Waals surface area contributed by atoms with E-state index in [0.29, 0.717) is 11.5 Å². The summed E-state index contributed by atoms with van der Waals surface area (Å²) in [7, 11) is 3.46. The Morgan fingerprint density at radius 1 is 1.08 bits per heavy atom. The summed E-state index contributed by atoms with van der Waals surface area (Å²) in [5.74, 6) is 0. The van der Waals surface area contributed by atoms with E-state index in [9.17, 15) is 4.79 Å². The van der Waals surface area contributed by atoms with Gasteiger partial charge in [-0.15, -0.1) is 0 Å². The molecule has 2 rings (SSSR count). The molecule has 2 fully saturated rings. The van der Waals surface area contributed by atoms with Crippen LogP contribution in [0.25, 0.3) is 0 Å². The van der Waals surface area contributed by atoms with Gasteiger partial charge in [0.25, 0.3) is 0 Å². The van der Waals surface area contributed by atoms with E-state index < -0.39 is 5.60 Å². The first-order valence-corrected chi connectivity index (χ1v) is 9.75. The van der Waals surface area contributed by atoms with E-state index in [2.05, 4.69) is 6.92 Å². The summed E-state index contributed by atoms with van der Waals surface area (Å²) in [5, 5.41) is 0. The number of amides is 1. The van der Waals surface area contributed by atoms with Crippen LogP contribution in [0.1, 0.15) is 74.7 Å². The van der Waals surface area contributed by atoms with Gasteiger partial charge >= 0.3 is 6.09 Å². The molecule has 0 unspecified atom stereocenters. The highest BCUT2D eigenvalue weighted by molar-refractivity contribution is 5.69. The van der Waals surface area contributed by atoms with Gasteiger partial charge in [0.15, 0.2) is 0 Å². The van der Waals surface area contributed by atoms with Crippen molar-refractivity contribution in [3.05, 3.63) is 0 Å². The molecular weight excluding hydrogens is 318 g/mol. The first kappa shape index (κ1) is 26.4. The van der Waals surface area contributed by atoms with Crippen molar-refractivity contribution in [2.75, 3.05) is 33.9 Å². The van der Waals surface area contributed by atoms with Gasteiger partial charge in [0.2, 0.25) is 0 Å². The third-order valence-electron chi connectivity index (χ3n) is 3.77. The lowest BCUT2D eigenvalue weighted by Gasteiger charge is -2.58. The fourth-order valence-electron chi connectivity index (χ4n) is 2.75. The lowest BCUT2D eigenvalue weighted by molar-refractivity contribution is -0.136. The second-order valence-electron chi connectivity index (χ2n) is 7.10. The predicted octanol–water partition coefficient (Wildman–Crippen LogP) is 5.13. The third kappa shape index (κ3) is 10.0. The maximum Gasteiger partial charge on any atom is 0.410 e. The smallest absolute Gasteiger partial charge is 0.410 e. The molecule has 0 N–H and O–H groups in total. The second-order valence-corrected chi connectivity index (χ2v) is 7.10. The monoisotopic (exact) mass is 361 g/mol. The van der Waals surface area contributed by atoms with Crippen LogP contribution >= 0.6 is 0 Å². The molecule has 1 spiro atoms. The van der Waals surface area contributed by atoms with Gasteiger partial charge < -0.3 is 19.1 Å². The van der Waals surface area contributed by atoms with Crippen LogP contribution in [0, 0.1) is 5.41 Å². The number of rotatable bonds is 3. The minimum Gasteiger partial charge on any atom is -0.444 e. The highest BCUT2D eigenvalue weighted by Gasteiger charge is 2.54. The van der Waals surface area contributed by atoms with E-state index in [1.807, 2.05) is 48.5 Å². The number of methoxy groups -OCH3 is 2. The van der Waals surface area contributed by atoms with Gasteiger partial charge in [-0.05, 0) is 40.0 Å². The molecule has 1 aliphatic heterocycles. The Kier molecular flexibility index (Phi) is 14.2. The van der Waals surface area contributed by atoms with E-state index in [1.165, 1.54) is 0 Å². The van der Waals surface area contributed by atoms with Gasteiger partial charge in [0, 0.05) is 39.3 Å². The largest absolute Gasteiger partial charge is 0.444 e. The number of nitrogens with zero attached hydrogens (tertiary/aromatic N) is 1. The Labute approximate surface area is 156 Å². The number of hydrogen-bond donors (Lipinski definition) is 0. The molecule has 1 saturated carbocycles. The molecule has 1 heterocycles. The van der Waals surface area contributed by atoms with Crippen LogP contribution in [0.15, 0.2) is 0 Å². The number of carbonyl (C=O) groups excluding carboxylic acids is 1. The highest BCUT2D eigenvalue weighted by Crippen LogP contribution is 2.49. The first-order chi connectivity index (χ1) is 11.7. The predicted molar refractivity (Wildman–Crippen MR) is 105 cm³/mol. The summed E-state index contributed by atoms with van der Waals surface area (Å²) in [6.07, 6.45) is 3.52. The average Bonchev–Trinajstić information content (AvgIpc) is 2.48. The Balaban J connectivity index is 0. The molecule has 152 valence electrons. The minimum atomic E-state index is -0.394. The number of hydrogen-bond acceptors (Lipinski definition) is 4. The van der Waals surface area contributed by atoms with Crippen LogP contribution in [0.3, 0.4) is 0 Å². The lowest BCUT2D eigenvalue weighted by Crippen LogP contribution is -2.65. The topological polar surface area (TPSA) is 48.0 Å². The highest BCUT2D eigenvalue weighted by atomic mass is 16.6. The molecule has 0 radical (unpaired) electrons. The Hall–Kier alpha value is -0.810. The van der Waals surface area contributed by atoms with Crippen LogP contribution in [0.5, 0.6) is 0 Å². The van der Waals surface area contributed by atoms with E-state index in [4.69, 9.17) is 14.2 Å². The standard InChI is InChI=1S/C12H21NO3.C4H10O.2C2H6/c1-11(2,3)16-10(14)13-7-12(8-13)5-9(6-12)15-4;1-3-4-5-2;2*1-2/h9H,5-8H2,1-4H3;3-4H2,1-2H3;2*1-2H3. The second kappa shape index (κ2) is 13.4. The third-order valence-corrected chi connectivity index (χ3v) is 3.77. The van der Waals surface area contributed by atoms with Gasteiger partial charge in [-0.1, -0.05) is 34.6 Å². The van der Waals surface area contributed by atoms with E-state index >= 15 is 0 Å². The number of likely N-dealkylation sites (tertiary alicyclic amines) is 1. The van der Waals surface area contributed by atoms with E-state index in [0.717, 1.165) is 39.0 Å². The molecule has 0 aromatic heterocycles. The van der Waals surface area contributed by atoms with Crippen molar-refractivity contribution in [3.63, 3.8) is 0 Å². The van der Waals surface area contributed by atoms with Crippen molar-refractivity contribution in [1.82, 2.24) is 4.90 Å². The van der Waals surface area contributed by atoms with Crippen LogP contribution in [0.2, 0.25) is 0 Å². The van der Waals surface area contributed by atoms with E-state index in [-0.39, 0.29) is 6.09 Å². The summed E-state index contributed by atoms with van der Waals surface area (Å²) in [5.41, 5.74) is -0.0495. The maximum atomic E-state index is 11.7. The normalized spacial score (nSPS) is 17.4. The molecule has 1 amide bonds. The van der Waals surface area contributed by atoms with Gasteiger partial charge in [0.05, 0.1) is 6.10 Å². The molecule has 0 bridgehead atoms. The number of ether oxygens (including phenoxy) is 3. The van der Waals surface area contributed by atoms with Crippen molar-refractivity contribution in [3.8, 4) is 0 Å². The Morgan fingerprint density at radius 3 is 1.84 bits per heavy atom. The van der Waals surface area contributed by atoms with Crippen LogP contribution in [-0.4, -0.2) is 56.6 Å². The zero-order valence-corrected chi connectivity index (χ0v) is 18.4. The van der Waals surface area contributed by atoms with Crippen molar-refractivity contribution < 1.29 is 19.0 Å². The fraction of sp³-hybridized carbons (Fsp3) is 0.950. The maximum absolute atomic E-state index is 11.7. The van der Waals surface area contributed by atoms with E-state index in [1.54, 1.807) is 19.1 Å². The summed E-state index contributed by atoms with van der Waals surface area (Å²) < 4.78 is 15.3. The SMILES string of the molecule is CC.CC.CCCOC.COC1CC2(C1)CN(C(=O)OC(C)(C)C)C2. The molecule has 5 heteroatoms. The molecule has 2 aliphatic rings. The molecule has 1 saturated heterocycles. The van der Waals surface area contributed by atoms with Crippen molar-refractivity contribution in [2.45, 2.75) is 86.4 Å². The quantitative estimate of drug-likeness (QED) is 0.699. The number of carbonyl (C=O) groups is 1. The van der Waals surface area contributed by atoms with Gasteiger partial charge in [-0.3, -0.25) is 0 Å². The molecule has 5 nitrogen and oxygen atoms in total. The van der Waals surface area contributed by atoms with Crippen LogP contribution in [-0.2, 0) is 14.2 Å². The summed E-state index contributed by atoms with van der Waals surface area (Å²) in [4.78, 5) is 13.5. The molecule has 0 atom stereocenters. The van der Waals surface area contributed by atoms with Gasteiger partial charge in [-0.2, -0.15) is 0 Å². The van der Waals surface area contributed by atoms with Crippen molar-refractivity contribution in [1.29, 1.82) is 0 Å². The Bertz CT molecular complexity index is 323. The average molecular weight is 362 g/mol. The fourth-order valence-corrected chi connectivity index (χ4v) is 2.75. The summed E-state index contributed by atoms with van der Waals surface area (Å²) in [6, 6.07) is 0. The van der Waals surface area contributed by atoms with Gasteiger partial charge in [-0.25, -0.2) is 4.79 Å². The molecule has 1 aliphatic carbocycles. The lowest BCUT2D eigenvalue weighted by atomic mass is 9.62. The summed E-state index contributed by atoms with van der Waals surface area (Å²) in [6.45, 7) is 18.3. The molecule has 0 aromatic rings. The Morgan fingerprint density at radius 2 is 1.56 bits per heavy atom. The van der Waals surface area contributed by atoms with Gasteiger partial charge in [0.1, 0.15) is 5.60 Å². The molecule has 0 aromatic carbocycles. The molecular formula is C20H43NO4. The van der Waals surface area contributed by atoms with Crippen molar-refractivity contribution >= 4 is 6.09 Å². The van der Waals surface area contributed by atoms with Crippen LogP contribution < -0.4 is 0 Å². The van der Waals surface area contributed by atoms with Crippen molar-refractivity contribution in [2.24, 2.45) is 5.41 Å². The summed E-state index contributed by atoms with van der Waals surface area (Å²) >= 11 is 0. The zero-order valence-electron chi connectivity index (χ0n) is 18.4. The van der Waals surface area contributed by atoms with Crippen LogP contribution in [0.4, 0.5) is 4.79 Å². The zero-order chi connectivity index (χ0) is 20.1. The first-order valence-electron chi connectivity index (χ1n) is 9.75. The molecule has 25 heavy (non-hydrogen) atoms.